The number of amides is 2. The van der Waals surface area contributed by atoms with Crippen LogP contribution in [0.5, 0.6) is 0 Å². The number of hydrogen-bond donors (Lipinski definition) is 1. The molecule has 0 aliphatic carbocycles. The zero-order chi connectivity index (χ0) is 19.0. The van der Waals surface area contributed by atoms with Crippen LogP contribution in [-0.4, -0.2) is 79.2 Å². The second kappa shape index (κ2) is 9.60. The molecule has 1 N–H and O–H groups in total. The molecule has 0 aromatic heterocycles. The first-order chi connectivity index (χ1) is 11.6. The highest BCUT2D eigenvalue weighted by molar-refractivity contribution is 5.85. The normalized spacial score (nSPS) is 16.9. The van der Waals surface area contributed by atoms with E-state index in [9.17, 15) is 14.4 Å². The molecule has 1 aliphatic rings. The van der Waals surface area contributed by atoms with Gasteiger partial charge in [0.05, 0.1) is 7.11 Å². The Balaban J connectivity index is 2.32. The topological polar surface area (TPSA) is 88.2 Å². The van der Waals surface area contributed by atoms with Gasteiger partial charge >= 0.3 is 12.1 Å². The first-order valence-corrected chi connectivity index (χ1v) is 8.70. The maximum Gasteiger partial charge on any atom is 0.408 e. The maximum absolute atomic E-state index is 12.4. The summed E-state index contributed by atoms with van der Waals surface area (Å²) < 4.78 is 9.79. The molecule has 1 atom stereocenters. The molecule has 1 fully saturated rings. The van der Waals surface area contributed by atoms with Crippen molar-refractivity contribution in [1.29, 1.82) is 0 Å². The number of hydrogen-bond acceptors (Lipinski definition) is 6. The van der Waals surface area contributed by atoms with Crippen LogP contribution in [0, 0.1) is 0 Å². The minimum atomic E-state index is -0.624. The van der Waals surface area contributed by atoms with Gasteiger partial charge in [-0.15, -0.1) is 0 Å². The number of methoxy groups -OCH3 is 1. The number of piperazine rings is 1. The molecule has 8 heteroatoms. The van der Waals surface area contributed by atoms with E-state index in [1.807, 2.05) is 0 Å². The second-order valence-corrected chi connectivity index (χ2v) is 7.21. The summed E-state index contributed by atoms with van der Waals surface area (Å²) in [5.74, 6) is -0.309. The minimum absolute atomic E-state index is 0.111. The Morgan fingerprint density at radius 2 is 1.72 bits per heavy atom. The van der Waals surface area contributed by atoms with E-state index in [0.29, 0.717) is 19.5 Å². The van der Waals surface area contributed by atoms with Gasteiger partial charge in [0.2, 0.25) is 5.91 Å². The van der Waals surface area contributed by atoms with Gasteiger partial charge in [-0.1, -0.05) is 0 Å². The number of ether oxygens (including phenoxy) is 2. The molecule has 1 rings (SSSR count). The molecule has 0 aromatic carbocycles. The van der Waals surface area contributed by atoms with Crippen LogP contribution in [0.4, 0.5) is 4.79 Å². The summed E-state index contributed by atoms with van der Waals surface area (Å²) in [6.07, 6.45) is 0.568. The van der Waals surface area contributed by atoms with Crippen molar-refractivity contribution in [3.05, 3.63) is 0 Å². The first kappa shape index (κ1) is 21.2. The summed E-state index contributed by atoms with van der Waals surface area (Å²) in [5, 5.41) is 2.58. The van der Waals surface area contributed by atoms with Crippen molar-refractivity contribution in [2.24, 2.45) is 0 Å². The molecule has 2 amide bonds. The predicted octanol–water partition coefficient (Wildman–Crippen LogP) is 0.997. The van der Waals surface area contributed by atoms with Crippen LogP contribution in [0.3, 0.4) is 0 Å². The van der Waals surface area contributed by atoms with Gasteiger partial charge in [-0.05, 0) is 40.7 Å². The molecule has 0 bridgehead atoms. The van der Waals surface area contributed by atoms with Crippen molar-refractivity contribution in [3.63, 3.8) is 0 Å². The number of esters is 1. The van der Waals surface area contributed by atoms with E-state index in [0.717, 1.165) is 26.1 Å². The molecule has 0 spiro atoms. The van der Waals surface area contributed by atoms with Crippen LogP contribution >= 0.6 is 0 Å². The molecule has 25 heavy (non-hydrogen) atoms. The average molecular weight is 357 g/mol. The lowest BCUT2D eigenvalue weighted by Crippen LogP contribution is -2.54. The Morgan fingerprint density at radius 3 is 2.24 bits per heavy atom. The fourth-order valence-corrected chi connectivity index (χ4v) is 2.56. The number of alkyl carbamates (subject to hydrolysis) is 1. The Kier molecular flexibility index (Phi) is 8.15. The van der Waals surface area contributed by atoms with Crippen LogP contribution < -0.4 is 5.32 Å². The fourth-order valence-electron chi connectivity index (χ4n) is 2.56. The predicted molar refractivity (Wildman–Crippen MR) is 93.1 cm³/mol. The molecule has 1 aliphatic heterocycles. The third-order valence-electron chi connectivity index (χ3n) is 3.87. The van der Waals surface area contributed by atoms with Gasteiger partial charge < -0.3 is 19.7 Å². The molecular weight excluding hydrogens is 326 g/mol. The van der Waals surface area contributed by atoms with Gasteiger partial charge in [-0.2, -0.15) is 0 Å². The van der Waals surface area contributed by atoms with E-state index in [1.54, 1.807) is 32.6 Å². The Bertz CT molecular complexity index is 467. The molecule has 8 nitrogen and oxygen atoms in total. The molecule has 144 valence electrons. The zero-order valence-corrected chi connectivity index (χ0v) is 16.0. The second-order valence-electron chi connectivity index (χ2n) is 7.21. The van der Waals surface area contributed by atoms with Gasteiger partial charge in [0.15, 0.2) is 0 Å². The minimum Gasteiger partial charge on any atom is -0.469 e. The lowest BCUT2D eigenvalue weighted by Gasteiger charge is -2.36. The van der Waals surface area contributed by atoms with Crippen LogP contribution in [0.2, 0.25) is 0 Å². The monoisotopic (exact) mass is 357 g/mol. The van der Waals surface area contributed by atoms with E-state index >= 15 is 0 Å². The summed E-state index contributed by atoms with van der Waals surface area (Å²) in [4.78, 5) is 39.3. The standard InChI is InChI=1S/C17H31N3O5/c1-13(18-16(23)25-17(2,3)4)15(22)20-11-9-19(10-12-20)8-6-7-14(21)24-5/h13H,6-12H2,1-5H3,(H,18,23)/t13-/m0/s1. The lowest BCUT2D eigenvalue weighted by molar-refractivity contribution is -0.140. The third kappa shape index (κ3) is 8.20. The average Bonchev–Trinajstić information content (AvgIpc) is 2.52. The van der Waals surface area contributed by atoms with Crippen molar-refractivity contribution in [2.75, 3.05) is 39.8 Å². The molecule has 0 unspecified atom stereocenters. The van der Waals surface area contributed by atoms with E-state index in [-0.39, 0.29) is 11.9 Å². The number of rotatable bonds is 6. The van der Waals surface area contributed by atoms with Crippen LogP contribution in [0.1, 0.15) is 40.5 Å². The van der Waals surface area contributed by atoms with Gasteiger partial charge in [0, 0.05) is 32.6 Å². The van der Waals surface area contributed by atoms with Crippen molar-refractivity contribution >= 4 is 18.0 Å². The van der Waals surface area contributed by atoms with Gasteiger partial charge in [0.1, 0.15) is 11.6 Å². The van der Waals surface area contributed by atoms with Crippen LogP contribution in [0.15, 0.2) is 0 Å². The summed E-state index contributed by atoms with van der Waals surface area (Å²) in [6.45, 7) is 10.5. The van der Waals surface area contributed by atoms with Gasteiger partial charge in [-0.3, -0.25) is 14.5 Å². The van der Waals surface area contributed by atoms with Crippen molar-refractivity contribution in [1.82, 2.24) is 15.1 Å². The Morgan fingerprint density at radius 1 is 1.12 bits per heavy atom. The highest BCUT2D eigenvalue weighted by Crippen LogP contribution is 2.09. The molecule has 1 heterocycles. The van der Waals surface area contributed by atoms with E-state index in [1.165, 1.54) is 7.11 Å². The number of carbonyl (C=O) groups excluding carboxylic acids is 3. The molecular formula is C17H31N3O5. The smallest absolute Gasteiger partial charge is 0.408 e. The van der Waals surface area contributed by atoms with Crippen molar-refractivity contribution in [3.8, 4) is 0 Å². The molecule has 0 radical (unpaired) electrons. The Labute approximate surface area is 149 Å². The molecule has 1 saturated heterocycles. The highest BCUT2D eigenvalue weighted by atomic mass is 16.6. The fraction of sp³-hybridized carbons (Fsp3) is 0.824. The number of nitrogens with zero attached hydrogens (tertiary/aromatic N) is 2. The van der Waals surface area contributed by atoms with Gasteiger partial charge in [-0.25, -0.2) is 4.79 Å². The number of carbonyl (C=O) groups is 3. The van der Waals surface area contributed by atoms with Crippen LogP contribution in [0.25, 0.3) is 0 Å². The third-order valence-corrected chi connectivity index (χ3v) is 3.87. The quantitative estimate of drug-likeness (QED) is 0.714. The SMILES string of the molecule is COC(=O)CCCN1CCN(C(=O)[C@H](C)NC(=O)OC(C)(C)C)CC1. The summed E-state index contributed by atoms with van der Waals surface area (Å²) in [6, 6.07) is -0.624. The first-order valence-electron chi connectivity index (χ1n) is 8.70. The summed E-state index contributed by atoms with van der Waals surface area (Å²) in [7, 11) is 1.39. The molecule has 0 aromatic rings. The highest BCUT2D eigenvalue weighted by Gasteiger charge is 2.27. The van der Waals surface area contributed by atoms with Crippen LogP contribution in [-0.2, 0) is 19.1 Å². The maximum atomic E-state index is 12.4. The van der Waals surface area contributed by atoms with Crippen molar-refractivity contribution in [2.45, 2.75) is 52.2 Å². The summed E-state index contributed by atoms with van der Waals surface area (Å²) >= 11 is 0. The number of nitrogens with one attached hydrogen (secondary N) is 1. The largest absolute Gasteiger partial charge is 0.469 e. The zero-order valence-electron chi connectivity index (χ0n) is 16.0. The van der Waals surface area contributed by atoms with Crippen molar-refractivity contribution < 1.29 is 23.9 Å². The lowest BCUT2D eigenvalue weighted by atomic mass is 10.2. The molecule has 0 saturated carbocycles. The van der Waals surface area contributed by atoms with Gasteiger partial charge in [0.25, 0.3) is 0 Å². The van der Waals surface area contributed by atoms with E-state index in [2.05, 4.69) is 15.0 Å². The van der Waals surface area contributed by atoms with E-state index in [4.69, 9.17) is 4.74 Å². The Hall–Kier alpha value is -1.83. The van der Waals surface area contributed by atoms with E-state index < -0.39 is 17.7 Å². The summed E-state index contributed by atoms with van der Waals surface area (Å²) in [5.41, 5.74) is -0.595.